The fourth-order valence-electron chi connectivity index (χ4n) is 6.70. The van der Waals surface area contributed by atoms with Crippen LogP contribution >= 0.6 is 0 Å². The van der Waals surface area contributed by atoms with E-state index in [9.17, 15) is 0 Å². The quantitative estimate of drug-likeness (QED) is 0.132. The smallest absolute Gasteiger partial charge is 0.108 e. The normalized spacial score (nSPS) is 22.2. The zero-order valence-electron chi connectivity index (χ0n) is 22.1. The van der Waals surface area contributed by atoms with Crippen molar-refractivity contribution in [3.05, 3.63) is 114 Å². The van der Waals surface area contributed by atoms with Gasteiger partial charge >= 0.3 is 0 Å². The first kappa shape index (κ1) is 26.2. The summed E-state index contributed by atoms with van der Waals surface area (Å²) in [6.45, 7) is 16.7. The second kappa shape index (κ2) is 9.42. The molecule has 0 aliphatic heterocycles. The van der Waals surface area contributed by atoms with E-state index >= 15 is 0 Å². The Morgan fingerprint density at radius 2 is 1.68 bits per heavy atom. The molecule has 4 heteroatoms. The maximum Gasteiger partial charge on any atom is 0.108 e. The van der Waals surface area contributed by atoms with Crippen LogP contribution in [-0.2, 0) is 30.9 Å². The summed E-state index contributed by atoms with van der Waals surface area (Å²) in [6, 6.07) is 28.1. The molecular formula is C34H29IrN3-2. The third-order valence-corrected chi connectivity index (χ3v) is 9.56. The average molecular weight is 672 g/mol. The van der Waals surface area contributed by atoms with Crippen molar-refractivity contribution in [2.24, 2.45) is 5.41 Å². The number of pyridine rings is 2. The molecule has 3 nitrogen and oxygen atoms in total. The van der Waals surface area contributed by atoms with Gasteiger partial charge in [0.1, 0.15) is 5.69 Å². The van der Waals surface area contributed by atoms with E-state index in [0.717, 1.165) is 22.2 Å². The third-order valence-electron chi connectivity index (χ3n) is 9.56. The molecule has 0 saturated heterocycles. The molecule has 2 aliphatic carbocycles. The van der Waals surface area contributed by atoms with E-state index in [0.29, 0.717) is 5.69 Å². The van der Waals surface area contributed by atoms with Gasteiger partial charge in [-0.15, -0.1) is 58.8 Å². The predicted molar refractivity (Wildman–Crippen MR) is 151 cm³/mol. The fraction of sp³-hybridized carbons (Fsp3) is 0.265. The zero-order valence-corrected chi connectivity index (χ0v) is 24.5. The van der Waals surface area contributed by atoms with E-state index in [2.05, 4.69) is 80.1 Å². The summed E-state index contributed by atoms with van der Waals surface area (Å²) in [6.07, 6.45) is 6.45. The first-order valence-electron chi connectivity index (χ1n) is 12.8. The van der Waals surface area contributed by atoms with Crippen molar-refractivity contribution in [2.45, 2.75) is 51.4 Å². The Balaban J connectivity index is 0.000000170. The van der Waals surface area contributed by atoms with Gasteiger partial charge in [0.15, 0.2) is 0 Å². The van der Waals surface area contributed by atoms with Gasteiger partial charge in [0, 0.05) is 37.9 Å². The van der Waals surface area contributed by atoms with Gasteiger partial charge in [-0.2, -0.15) is 6.07 Å². The van der Waals surface area contributed by atoms with Gasteiger partial charge in [0.2, 0.25) is 0 Å². The molecule has 38 heavy (non-hydrogen) atoms. The summed E-state index contributed by atoms with van der Waals surface area (Å²) in [5, 5.41) is 3.73. The Labute approximate surface area is 238 Å². The number of hydrogen-bond donors (Lipinski definition) is 0. The molecule has 5 aromatic rings. The van der Waals surface area contributed by atoms with Crippen LogP contribution in [0.1, 0.15) is 51.7 Å². The van der Waals surface area contributed by atoms with Gasteiger partial charge in [-0.3, -0.25) is 4.85 Å². The van der Waals surface area contributed by atoms with Crippen LogP contribution in [0.4, 0.5) is 5.69 Å². The summed E-state index contributed by atoms with van der Waals surface area (Å²) in [4.78, 5) is 12.5. The molecule has 2 atom stereocenters. The first-order valence-corrected chi connectivity index (χ1v) is 12.8. The van der Waals surface area contributed by atoms with Gasteiger partial charge in [-0.05, 0) is 57.5 Å². The van der Waals surface area contributed by atoms with Crippen LogP contribution in [0, 0.1) is 24.1 Å². The monoisotopic (exact) mass is 672 g/mol. The van der Waals surface area contributed by atoms with Crippen molar-refractivity contribution in [3.63, 3.8) is 0 Å². The van der Waals surface area contributed by atoms with Gasteiger partial charge in [-0.25, -0.2) is 0 Å². The summed E-state index contributed by atoms with van der Waals surface area (Å²) < 4.78 is 0. The Morgan fingerprint density at radius 1 is 0.868 bits per heavy atom. The third kappa shape index (κ3) is 3.64. The molecule has 2 aliphatic rings. The standard InChI is InChI=1S/C22H22N.C12H7N2.Ir/c1-20(2)21(3)11-12-22(20,4)18-16-10-9-14-7-5-6-8-15(14)19(16)23-13-17(18)21;1-13-11-6-4-5-10(9-11)12-7-2-3-8-14-12;/h5-7,9-10,13H,11-12H2,1-4H3;2-4,6-9H;/q2*-1;. The molecule has 1 fully saturated rings. The molecule has 2 heterocycles. The Kier molecular flexibility index (Phi) is 6.50. The molecule has 0 spiro atoms. The van der Waals surface area contributed by atoms with E-state index < -0.39 is 0 Å². The topological polar surface area (TPSA) is 30.1 Å². The van der Waals surface area contributed by atoms with Crippen LogP contribution in [0.25, 0.3) is 37.8 Å². The largest absolute Gasteiger partial charge is 0.305 e. The molecule has 191 valence electrons. The zero-order chi connectivity index (χ0) is 25.8. The van der Waals surface area contributed by atoms with Crippen molar-refractivity contribution in [2.75, 3.05) is 0 Å². The Bertz CT molecular complexity index is 1700. The van der Waals surface area contributed by atoms with Crippen LogP contribution in [0.3, 0.4) is 0 Å². The first-order chi connectivity index (χ1) is 17.8. The van der Waals surface area contributed by atoms with E-state index in [4.69, 9.17) is 11.6 Å². The number of aromatic nitrogens is 2. The minimum Gasteiger partial charge on any atom is -0.305 e. The van der Waals surface area contributed by atoms with Crippen molar-refractivity contribution in [3.8, 4) is 11.3 Å². The van der Waals surface area contributed by atoms with Crippen LogP contribution in [0.15, 0.2) is 79.1 Å². The Morgan fingerprint density at radius 3 is 2.45 bits per heavy atom. The van der Waals surface area contributed by atoms with Crippen LogP contribution in [-0.4, -0.2) is 9.97 Å². The number of benzene rings is 3. The van der Waals surface area contributed by atoms with E-state index in [1.54, 1.807) is 30.0 Å². The molecule has 7 rings (SSSR count). The molecule has 1 saturated carbocycles. The van der Waals surface area contributed by atoms with Crippen molar-refractivity contribution in [1.29, 1.82) is 0 Å². The molecular weight excluding hydrogens is 643 g/mol. The number of rotatable bonds is 1. The number of fused-ring (bicyclic) bond motifs is 9. The molecule has 2 aromatic heterocycles. The van der Waals surface area contributed by atoms with Gasteiger partial charge in [-0.1, -0.05) is 52.0 Å². The molecule has 0 amide bonds. The van der Waals surface area contributed by atoms with Crippen LogP contribution < -0.4 is 0 Å². The number of hydrogen-bond acceptors (Lipinski definition) is 2. The number of nitrogens with zero attached hydrogens (tertiary/aromatic N) is 3. The van der Waals surface area contributed by atoms with Crippen molar-refractivity contribution >= 4 is 27.4 Å². The molecule has 2 bridgehead atoms. The summed E-state index contributed by atoms with van der Waals surface area (Å²) in [5.41, 5.74) is 7.23. The van der Waals surface area contributed by atoms with Gasteiger partial charge in [0.25, 0.3) is 0 Å². The molecule has 1 radical (unpaired) electrons. The second-order valence-electron chi connectivity index (χ2n) is 11.2. The summed E-state index contributed by atoms with van der Waals surface area (Å²) >= 11 is 0. The predicted octanol–water partition coefficient (Wildman–Crippen LogP) is 8.63. The second-order valence-corrected chi connectivity index (χ2v) is 11.2. The molecule has 3 aromatic carbocycles. The van der Waals surface area contributed by atoms with Gasteiger partial charge in [0.05, 0.1) is 6.57 Å². The maximum absolute atomic E-state index is 6.89. The molecule has 0 N–H and O–H groups in total. The molecule has 2 unspecified atom stereocenters. The fourth-order valence-corrected chi connectivity index (χ4v) is 6.70. The average Bonchev–Trinajstić information content (AvgIpc) is 3.21. The van der Waals surface area contributed by atoms with Crippen LogP contribution in [0.2, 0.25) is 0 Å². The Hall–Kier alpha value is -3.38. The van der Waals surface area contributed by atoms with Crippen molar-refractivity contribution < 1.29 is 20.1 Å². The van der Waals surface area contributed by atoms with Gasteiger partial charge < -0.3 is 9.97 Å². The SMILES string of the molecule is CC12CCC(C)(c3c1cnc1c3ccc3ccc[c-]c31)C2(C)C.[C-]#[N+]c1cc[c-]c(-c2ccccn2)c1.[Ir]. The minimum absolute atomic E-state index is 0. The van der Waals surface area contributed by atoms with E-state index in [-0.39, 0.29) is 36.4 Å². The van der Waals surface area contributed by atoms with Crippen molar-refractivity contribution in [1.82, 2.24) is 9.97 Å². The minimum atomic E-state index is 0. The van der Waals surface area contributed by atoms with E-state index in [1.807, 2.05) is 24.3 Å². The van der Waals surface area contributed by atoms with Crippen LogP contribution in [0.5, 0.6) is 0 Å². The summed E-state index contributed by atoms with van der Waals surface area (Å²) in [5.74, 6) is 0. The summed E-state index contributed by atoms with van der Waals surface area (Å²) in [7, 11) is 0. The van der Waals surface area contributed by atoms with E-state index in [1.165, 1.54) is 29.2 Å². The maximum atomic E-state index is 6.89.